The summed E-state index contributed by atoms with van der Waals surface area (Å²) < 4.78 is 0. The zero-order valence-corrected chi connectivity index (χ0v) is 9.48. The van der Waals surface area contributed by atoms with Gasteiger partial charge < -0.3 is 5.73 Å². The minimum atomic E-state index is 0.250. The zero-order chi connectivity index (χ0) is 10.8. The van der Waals surface area contributed by atoms with Crippen molar-refractivity contribution in [1.82, 2.24) is 10.0 Å². The number of rotatable bonds is 3. The van der Waals surface area contributed by atoms with Crippen LogP contribution in [0, 0.1) is 5.92 Å². The van der Waals surface area contributed by atoms with Crippen LogP contribution in [0.2, 0.25) is 0 Å². The monoisotopic (exact) mass is 211 g/mol. The molecule has 1 aliphatic heterocycles. The Morgan fingerprint density at radius 3 is 2.67 bits per heavy atom. The Morgan fingerprint density at radius 1 is 1.40 bits per heavy atom. The van der Waals surface area contributed by atoms with Gasteiger partial charge in [-0.1, -0.05) is 12.8 Å². The van der Waals surface area contributed by atoms with E-state index < -0.39 is 0 Å². The van der Waals surface area contributed by atoms with E-state index in [1.54, 1.807) is 0 Å². The zero-order valence-electron chi connectivity index (χ0n) is 9.48. The predicted octanol–water partition coefficient (Wildman–Crippen LogP) is 0.583. The lowest BCUT2D eigenvalue weighted by molar-refractivity contribution is -0.137. The molecule has 2 fully saturated rings. The second-order valence-electron chi connectivity index (χ2n) is 4.70. The van der Waals surface area contributed by atoms with Crippen molar-refractivity contribution in [2.45, 2.75) is 38.1 Å². The second-order valence-corrected chi connectivity index (χ2v) is 4.70. The van der Waals surface area contributed by atoms with Gasteiger partial charge in [0, 0.05) is 32.6 Å². The highest BCUT2D eigenvalue weighted by atomic mass is 16.2. The Kier molecular flexibility index (Phi) is 3.26. The van der Waals surface area contributed by atoms with E-state index in [4.69, 9.17) is 5.73 Å². The Labute approximate surface area is 91.4 Å². The van der Waals surface area contributed by atoms with Crippen molar-refractivity contribution in [1.29, 1.82) is 0 Å². The van der Waals surface area contributed by atoms with Gasteiger partial charge in [0.05, 0.1) is 0 Å². The fraction of sp³-hybridized carbons (Fsp3) is 0.909. The van der Waals surface area contributed by atoms with Crippen molar-refractivity contribution in [2.24, 2.45) is 11.7 Å². The molecule has 86 valence electrons. The Balaban J connectivity index is 2.00. The first kappa shape index (κ1) is 10.9. The molecule has 0 radical (unpaired) electrons. The number of hydrogen-bond donors (Lipinski definition) is 1. The Bertz CT molecular complexity index is 238. The fourth-order valence-electron chi connectivity index (χ4n) is 2.99. The van der Waals surface area contributed by atoms with E-state index in [1.165, 1.54) is 25.7 Å². The van der Waals surface area contributed by atoms with Crippen LogP contribution in [-0.4, -0.2) is 42.1 Å². The van der Waals surface area contributed by atoms with Gasteiger partial charge in [-0.25, -0.2) is 5.01 Å². The number of nitrogens with two attached hydrogens (primary N) is 1. The van der Waals surface area contributed by atoms with Gasteiger partial charge in [-0.3, -0.25) is 9.80 Å². The molecule has 0 aromatic rings. The molecular weight excluding hydrogens is 190 g/mol. The van der Waals surface area contributed by atoms with Crippen LogP contribution in [0.4, 0.5) is 0 Å². The van der Waals surface area contributed by atoms with E-state index in [2.05, 4.69) is 5.01 Å². The normalized spacial score (nSPS) is 29.3. The molecule has 1 saturated carbocycles. The van der Waals surface area contributed by atoms with Crippen molar-refractivity contribution in [3.63, 3.8) is 0 Å². The molecule has 0 aromatic carbocycles. The van der Waals surface area contributed by atoms with E-state index in [9.17, 15) is 4.79 Å². The van der Waals surface area contributed by atoms with Gasteiger partial charge in [0.1, 0.15) is 0 Å². The van der Waals surface area contributed by atoms with Gasteiger partial charge in [-0.15, -0.1) is 0 Å². The van der Waals surface area contributed by atoms with Crippen LogP contribution in [0.3, 0.4) is 0 Å². The molecule has 15 heavy (non-hydrogen) atoms. The van der Waals surface area contributed by atoms with Crippen LogP contribution in [-0.2, 0) is 4.79 Å². The average molecular weight is 211 g/mol. The summed E-state index contributed by atoms with van der Waals surface area (Å²) >= 11 is 0. The van der Waals surface area contributed by atoms with Crippen LogP contribution in [0.15, 0.2) is 0 Å². The third-order valence-corrected chi connectivity index (χ3v) is 3.82. The highest BCUT2D eigenvalue weighted by Gasteiger charge is 2.39. The topological polar surface area (TPSA) is 49.6 Å². The average Bonchev–Trinajstić information content (AvgIpc) is 2.81. The highest BCUT2D eigenvalue weighted by molar-refractivity contribution is 5.78. The number of amides is 1. The standard InChI is InChI=1S/C11H21N3O/c1-13-10(9-4-2-3-5-9)8-11(15)14(13)7-6-12/h9-10H,2-8,12H2,1H3. The molecule has 1 atom stereocenters. The largest absolute Gasteiger partial charge is 0.329 e. The first-order valence-electron chi connectivity index (χ1n) is 5.97. The molecule has 1 amide bonds. The van der Waals surface area contributed by atoms with Crippen LogP contribution in [0.1, 0.15) is 32.1 Å². The third kappa shape index (κ3) is 2.01. The number of hydrogen-bond acceptors (Lipinski definition) is 3. The summed E-state index contributed by atoms with van der Waals surface area (Å²) in [4.78, 5) is 11.8. The van der Waals surface area contributed by atoms with E-state index >= 15 is 0 Å². The van der Waals surface area contributed by atoms with E-state index in [0.717, 1.165) is 5.92 Å². The quantitative estimate of drug-likeness (QED) is 0.743. The van der Waals surface area contributed by atoms with Crippen LogP contribution >= 0.6 is 0 Å². The Morgan fingerprint density at radius 2 is 2.07 bits per heavy atom. The smallest absolute Gasteiger partial charge is 0.238 e. The summed E-state index contributed by atoms with van der Waals surface area (Å²) in [6, 6.07) is 0.437. The number of carbonyl (C=O) groups excluding carboxylic acids is 1. The maximum atomic E-state index is 11.8. The van der Waals surface area contributed by atoms with Gasteiger partial charge in [0.15, 0.2) is 0 Å². The first-order chi connectivity index (χ1) is 7.24. The van der Waals surface area contributed by atoms with E-state index in [-0.39, 0.29) is 5.91 Å². The molecule has 1 heterocycles. The lowest BCUT2D eigenvalue weighted by Gasteiger charge is -2.30. The third-order valence-electron chi connectivity index (χ3n) is 3.82. The summed E-state index contributed by atoms with van der Waals surface area (Å²) in [6.45, 7) is 1.21. The number of carbonyl (C=O) groups is 1. The van der Waals surface area contributed by atoms with Crippen molar-refractivity contribution < 1.29 is 4.79 Å². The molecule has 2 rings (SSSR count). The summed E-state index contributed by atoms with van der Waals surface area (Å²) in [5.41, 5.74) is 5.51. The molecule has 2 N–H and O–H groups in total. The van der Waals surface area contributed by atoms with Crippen molar-refractivity contribution in [3.05, 3.63) is 0 Å². The molecular formula is C11H21N3O. The molecule has 0 aromatic heterocycles. The molecule has 0 spiro atoms. The molecule has 0 bridgehead atoms. The van der Waals surface area contributed by atoms with Crippen molar-refractivity contribution in [2.75, 3.05) is 20.1 Å². The SMILES string of the molecule is CN1C(C2CCCC2)CC(=O)N1CCN. The lowest BCUT2D eigenvalue weighted by Crippen LogP contribution is -2.43. The summed E-state index contributed by atoms with van der Waals surface area (Å²) in [5.74, 6) is 0.974. The van der Waals surface area contributed by atoms with Gasteiger partial charge in [-0.05, 0) is 18.8 Å². The van der Waals surface area contributed by atoms with Gasteiger partial charge in [0.2, 0.25) is 5.91 Å². The molecule has 1 saturated heterocycles. The first-order valence-corrected chi connectivity index (χ1v) is 5.97. The summed E-state index contributed by atoms with van der Waals surface area (Å²) in [5, 5.41) is 3.95. The molecule has 2 aliphatic rings. The van der Waals surface area contributed by atoms with Crippen molar-refractivity contribution in [3.8, 4) is 0 Å². The maximum absolute atomic E-state index is 11.8. The number of hydrazine groups is 1. The minimum Gasteiger partial charge on any atom is -0.329 e. The maximum Gasteiger partial charge on any atom is 0.238 e. The van der Waals surface area contributed by atoms with Crippen LogP contribution in [0.25, 0.3) is 0 Å². The van der Waals surface area contributed by atoms with Gasteiger partial charge >= 0.3 is 0 Å². The predicted molar refractivity (Wildman–Crippen MR) is 58.9 cm³/mol. The van der Waals surface area contributed by atoms with Crippen LogP contribution < -0.4 is 5.73 Å². The minimum absolute atomic E-state index is 0.250. The van der Waals surface area contributed by atoms with Crippen molar-refractivity contribution >= 4 is 5.91 Å². The van der Waals surface area contributed by atoms with Gasteiger partial charge in [0.25, 0.3) is 0 Å². The van der Waals surface area contributed by atoms with E-state index in [0.29, 0.717) is 25.6 Å². The molecule has 4 nitrogen and oxygen atoms in total. The molecule has 4 heteroatoms. The fourth-order valence-corrected chi connectivity index (χ4v) is 2.99. The van der Waals surface area contributed by atoms with Gasteiger partial charge in [-0.2, -0.15) is 0 Å². The molecule has 1 unspecified atom stereocenters. The summed E-state index contributed by atoms with van der Waals surface area (Å²) in [7, 11) is 2.03. The second kappa shape index (κ2) is 4.49. The Hall–Kier alpha value is -0.610. The van der Waals surface area contributed by atoms with Crippen LogP contribution in [0.5, 0.6) is 0 Å². The molecule has 1 aliphatic carbocycles. The lowest BCUT2D eigenvalue weighted by atomic mass is 9.96. The summed E-state index contributed by atoms with van der Waals surface area (Å²) in [6.07, 6.45) is 5.94. The highest BCUT2D eigenvalue weighted by Crippen LogP contribution is 2.34. The van der Waals surface area contributed by atoms with E-state index in [1.807, 2.05) is 12.1 Å². The number of nitrogens with zero attached hydrogens (tertiary/aromatic N) is 2.